The van der Waals surface area contributed by atoms with Crippen LogP contribution < -0.4 is 10.1 Å². The Labute approximate surface area is 159 Å². The number of benzene rings is 2. The molecule has 1 saturated heterocycles. The number of nitrogens with one attached hydrogen (secondary N) is 1. The van der Waals surface area contributed by atoms with E-state index in [0.717, 1.165) is 22.6 Å². The van der Waals surface area contributed by atoms with Crippen molar-refractivity contribution in [1.29, 1.82) is 0 Å². The number of rotatable bonds is 4. The number of thioether (sulfide) groups is 1. The maximum atomic E-state index is 11.1. The van der Waals surface area contributed by atoms with Crippen LogP contribution in [0.15, 0.2) is 42.5 Å². The molecule has 5 heteroatoms. The van der Waals surface area contributed by atoms with Crippen molar-refractivity contribution in [2.24, 2.45) is 0 Å². The molecule has 0 radical (unpaired) electrons. The van der Waals surface area contributed by atoms with Crippen LogP contribution in [0.1, 0.15) is 42.8 Å². The average molecular weight is 372 g/mol. The van der Waals surface area contributed by atoms with Crippen molar-refractivity contribution in [2.45, 2.75) is 44.5 Å². The Morgan fingerprint density at radius 3 is 2.46 bits per heavy atom. The van der Waals surface area contributed by atoms with Crippen molar-refractivity contribution in [1.82, 2.24) is 5.32 Å². The van der Waals surface area contributed by atoms with E-state index in [9.17, 15) is 4.79 Å². The second-order valence-corrected chi connectivity index (χ2v) is 8.83. The maximum absolute atomic E-state index is 11.1. The minimum Gasteiger partial charge on any atom is -0.480 e. The third-order valence-electron chi connectivity index (χ3n) is 4.44. The van der Waals surface area contributed by atoms with E-state index in [1.165, 1.54) is 5.56 Å². The fourth-order valence-electron chi connectivity index (χ4n) is 2.98. The van der Waals surface area contributed by atoms with Gasteiger partial charge in [0.2, 0.25) is 0 Å². The van der Waals surface area contributed by atoms with E-state index in [0.29, 0.717) is 5.75 Å². The van der Waals surface area contributed by atoms with Gasteiger partial charge in [-0.3, -0.25) is 10.1 Å². The third kappa shape index (κ3) is 4.22. The zero-order chi connectivity index (χ0) is 18.9. The van der Waals surface area contributed by atoms with Crippen LogP contribution in [-0.4, -0.2) is 22.9 Å². The van der Waals surface area contributed by atoms with Gasteiger partial charge in [0.15, 0.2) is 0 Å². The second-order valence-electron chi connectivity index (χ2n) is 7.69. The maximum Gasteiger partial charge on any atom is 0.321 e. The average Bonchev–Trinajstić information content (AvgIpc) is 3.05. The number of aliphatic carboxylic acids is 1. The Kier molecular flexibility index (Phi) is 5.30. The molecule has 0 spiro atoms. The molecule has 1 aliphatic heterocycles. The van der Waals surface area contributed by atoms with Gasteiger partial charge in [-0.05, 0) is 41.7 Å². The fraction of sp³-hybridized carbons (Fsp3) is 0.381. The van der Waals surface area contributed by atoms with Gasteiger partial charge in [-0.25, -0.2) is 0 Å². The van der Waals surface area contributed by atoms with Crippen LogP contribution in [-0.2, 0) is 10.2 Å². The lowest BCUT2D eigenvalue weighted by molar-refractivity contribution is -0.138. The first kappa shape index (κ1) is 18.8. The molecule has 1 fully saturated rings. The number of hydrogen-bond donors (Lipinski definition) is 2. The molecular weight excluding hydrogens is 346 g/mol. The van der Waals surface area contributed by atoms with Gasteiger partial charge in [-0.2, -0.15) is 0 Å². The summed E-state index contributed by atoms with van der Waals surface area (Å²) >= 11 is 1.62. The number of carboxylic acid groups (broad SMARTS) is 1. The molecule has 2 aromatic rings. The van der Waals surface area contributed by atoms with Gasteiger partial charge < -0.3 is 9.84 Å². The van der Waals surface area contributed by atoms with Crippen LogP contribution in [0, 0.1) is 6.92 Å². The summed E-state index contributed by atoms with van der Waals surface area (Å²) in [4.78, 5) is 11.1. The number of carboxylic acids is 1. The lowest BCUT2D eigenvalue weighted by Crippen LogP contribution is -2.33. The summed E-state index contributed by atoms with van der Waals surface area (Å²) in [6.45, 7) is 8.59. The summed E-state index contributed by atoms with van der Waals surface area (Å²) in [5.74, 6) is 1.44. The van der Waals surface area contributed by atoms with Gasteiger partial charge in [0.1, 0.15) is 17.5 Å². The van der Waals surface area contributed by atoms with Crippen LogP contribution in [0.4, 0.5) is 0 Å². The monoisotopic (exact) mass is 371 g/mol. The molecular formula is C21H25NO3S. The van der Waals surface area contributed by atoms with Crippen LogP contribution in [0.25, 0.3) is 0 Å². The molecule has 0 bridgehead atoms. The predicted octanol–water partition coefficient (Wildman–Crippen LogP) is 4.87. The van der Waals surface area contributed by atoms with E-state index in [-0.39, 0.29) is 10.8 Å². The Hall–Kier alpha value is -1.98. The summed E-state index contributed by atoms with van der Waals surface area (Å²) in [6.07, 6.45) is 0. The molecule has 0 aliphatic carbocycles. The van der Waals surface area contributed by atoms with Crippen LogP contribution in [0.5, 0.6) is 11.5 Å². The van der Waals surface area contributed by atoms with E-state index in [1.54, 1.807) is 11.8 Å². The molecule has 4 nitrogen and oxygen atoms in total. The lowest BCUT2D eigenvalue weighted by atomic mass is 9.86. The third-order valence-corrected chi connectivity index (χ3v) is 5.70. The van der Waals surface area contributed by atoms with E-state index in [4.69, 9.17) is 9.84 Å². The summed E-state index contributed by atoms with van der Waals surface area (Å²) in [5, 5.41) is 12.2. The Bertz CT molecular complexity index is 796. The number of ether oxygens (including phenoxy) is 1. The summed E-state index contributed by atoms with van der Waals surface area (Å²) < 4.78 is 6.17. The molecule has 0 saturated carbocycles. The first-order valence-electron chi connectivity index (χ1n) is 8.73. The fourth-order valence-corrected chi connectivity index (χ4v) is 4.21. The van der Waals surface area contributed by atoms with Crippen molar-refractivity contribution in [3.63, 3.8) is 0 Å². The van der Waals surface area contributed by atoms with Crippen molar-refractivity contribution in [2.75, 3.05) is 5.75 Å². The van der Waals surface area contributed by atoms with E-state index in [2.05, 4.69) is 51.2 Å². The molecule has 26 heavy (non-hydrogen) atoms. The van der Waals surface area contributed by atoms with Gasteiger partial charge in [-0.15, -0.1) is 11.8 Å². The van der Waals surface area contributed by atoms with Gasteiger partial charge in [0.25, 0.3) is 0 Å². The molecule has 3 rings (SSSR count). The van der Waals surface area contributed by atoms with Crippen molar-refractivity contribution in [3.8, 4) is 11.5 Å². The number of aryl methyl sites for hydroxylation is 1. The highest BCUT2D eigenvalue weighted by Crippen LogP contribution is 2.37. The highest BCUT2D eigenvalue weighted by molar-refractivity contribution is 7.99. The molecule has 138 valence electrons. The normalized spacial score (nSPS) is 20.2. The molecule has 0 amide bonds. The minimum absolute atomic E-state index is 0.000768. The Morgan fingerprint density at radius 1 is 1.19 bits per heavy atom. The van der Waals surface area contributed by atoms with Crippen LogP contribution in [0.3, 0.4) is 0 Å². The van der Waals surface area contributed by atoms with E-state index < -0.39 is 12.0 Å². The summed E-state index contributed by atoms with van der Waals surface area (Å²) in [7, 11) is 0. The first-order chi connectivity index (χ1) is 12.2. The minimum atomic E-state index is -0.797. The van der Waals surface area contributed by atoms with Crippen LogP contribution in [0.2, 0.25) is 0 Å². The highest BCUT2D eigenvalue weighted by Gasteiger charge is 2.30. The second kappa shape index (κ2) is 7.33. The largest absolute Gasteiger partial charge is 0.480 e. The Balaban J connectivity index is 1.77. The molecule has 2 aromatic carbocycles. The van der Waals surface area contributed by atoms with Gasteiger partial charge in [-0.1, -0.05) is 45.0 Å². The number of carbonyl (C=O) groups is 1. The summed E-state index contributed by atoms with van der Waals surface area (Å²) in [5.41, 5.74) is 3.39. The molecule has 2 N–H and O–H groups in total. The van der Waals surface area contributed by atoms with Gasteiger partial charge >= 0.3 is 5.97 Å². The number of hydrogen-bond acceptors (Lipinski definition) is 4. The summed E-state index contributed by atoms with van der Waals surface area (Å²) in [6, 6.07) is 13.7. The van der Waals surface area contributed by atoms with Crippen molar-refractivity contribution in [3.05, 3.63) is 59.2 Å². The van der Waals surface area contributed by atoms with Crippen molar-refractivity contribution >= 4 is 17.7 Å². The zero-order valence-electron chi connectivity index (χ0n) is 15.6. The van der Waals surface area contributed by atoms with E-state index in [1.807, 2.05) is 24.3 Å². The van der Waals surface area contributed by atoms with Gasteiger partial charge in [0.05, 0.1) is 5.37 Å². The van der Waals surface area contributed by atoms with Gasteiger partial charge in [0, 0.05) is 11.3 Å². The Morgan fingerprint density at radius 2 is 1.88 bits per heavy atom. The molecule has 2 unspecified atom stereocenters. The van der Waals surface area contributed by atoms with Crippen LogP contribution >= 0.6 is 11.8 Å². The first-order valence-corrected chi connectivity index (χ1v) is 9.78. The lowest BCUT2D eigenvalue weighted by Gasteiger charge is -2.23. The SMILES string of the molecule is Cc1ccc(C(C)(C)C)c(Oc2ccc(C3NC(C(=O)O)CS3)cc2)c1. The molecule has 1 heterocycles. The topological polar surface area (TPSA) is 58.6 Å². The molecule has 0 aromatic heterocycles. The molecule has 2 atom stereocenters. The smallest absolute Gasteiger partial charge is 0.321 e. The standard InChI is InChI=1S/C21H25NO3S/c1-13-5-10-16(21(2,3)4)18(11-13)25-15-8-6-14(7-9-15)19-22-17(12-26-19)20(23)24/h5-11,17,19,22H,12H2,1-4H3,(H,23,24). The molecule has 1 aliphatic rings. The zero-order valence-corrected chi connectivity index (χ0v) is 16.4. The predicted molar refractivity (Wildman–Crippen MR) is 106 cm³/mol. The quantitative estimate of drug-likeness (QED) is 0.803. The van der Waals surface area contributed by atoms with Crippen molar-refractivity contribution < 1.29 is 14.6 Å². The van der Waals surface area contributed by atoms with E-state index >= 15 is 0 Å². The highest BCUT2D eigenvalue weighted by atomic mass is 32.2.